The molecule has 3 aromatic rings. The number of hydrogen-bond acceptors (Lipinski definition) is 3. The molecule has 3 rings (SSSR count). The van der Waals surface area contributed by atoms with E-state index >= 15 is 0 Å². The first kappa shape index (κ1) is 13.1. The fraction of sp³-hybridized carbons (Fsp3) is 0. The highest BCUT2D eigenvalue weighted by Gasteiger charge is 2.17. The number of H-pyrrole nitrogens is 1. The Hall–Kier alpha value is -0.860. The van der Waals surface area contributed by atoms with Crippen molar-refractivity contribution >= 4 is 55.7 Å². The van der Waals surface area contributed by atoms with Crippen LogP contribution in [0.1, 0.15) is 0 Å². The lowest BCUT2D eigenvalue weighted by atomic mass is 10.0. The van der Waals surface area contributed by atoms with Gasteiger partial charge in [-0.1, -0.05) is 34.1 Å². The molecule has 0 bridgehead atoms. The fourth-order valence-corrected chi connectivity index (χ4v) is 3.76. The molecule has 0 saturated carbocycles. The molecule has 1 aromatic carbocycles. The Kier molecular flexibility index (Phi) is 3.64. The molecule has 19 heavy (non-hydrogen) atoms. The minimum absolute atomic E-state index is 0.517. The monoisotopic (exact) mass is 445 g/mol. The van der Waals surface area contributed by atoms with Gasteiger partial charge in [0.15, 0.2) is 5.82 Å². The fourth-order valence-electron chi connectivity index (χ4n) is 1.94. The van der Waals surface area contributed by atoms with E-state index in [9.17, 15) is 0 Å². The number of benzene rings is 1. The van der Waals surface area contributed by atoms with E-state index in [4.69, 9.17) is 5.73 Å². The summed E-state index contributed by atoms with van der Waals surface area (Å²) in [5, 5.41) is 9.30. The summed E-state index contributed by atoms with van der Waals surface area (Å²) in [5.74, 6) is 0.517. The Morgan fingerprint density at radius 1 is 1.32 bits per heavy atom. The van der Waals surface area contributed by atoms with Crippen LogP contribution in [0.5, 0.6) is 0 Å². The van der Waals surface area contributed by atoms with Crippen molar-refractivity contribution in [3.8, 4) is 22.4 Å². The van der Waals surface area contributed by atoms with Crippen LogP contribution in [0.4, 0.5) is 5.82 Å². The number of halogens is 2. The van der Waals surface area contributed by atoms with Gasteiger partial charge in [-0.2, -0.15) is 5.10 Å². The van der Waals surface area contributed by atoms with Crippen molar-refractivity contribution in [3.63, 3.8) is 0 Å². The number of nitrogens with two attached hydrogens (primary N) is 1. The number of nitrogens with one attached hydrogen (secondary N) is 1. The van der Waals surface area contributed by atoms with Crippen LogP contribution < -0.4 is 5.73 Å². The molecule has 0 radical (unpaired) electrons. The quantitative estimate of drug-likeness (QED) is 0.559. The molecule has 2 aromatic heterocycles. The molecule has 0 aliphatic carbocycles. The third kappa shape index (κ3) is 2.44. The van der Waals surface area contributed by atoms with Gasteiger partial charge >= 0.3 is 0 Å². The van der Waals surface area contributed by atoms with Gasteiger partial charge in [-0.05, 0) is 34.7 Å². The zero-order valence-electron chi connectivity index (χ0n) is 9.65. The van der Waals surface area contributed by atoms with Gasteiger partial charge in [0.25, 0.3) is 0 Å². The number of hydrogen-bond donors (Lipinski definition) is 2. The Morgan fingerprint density at radius 3 is 2.79 bits per heavy atom. The van der Waals surface area contributed by atoms with Crippen molar-refractivity contribution in [2.24, 2.45) is 0 Å². The highest BCUT2D eigenvalue weighted by molar-refractivity contribution is 14.1. The predicted octanol–water partition coefficient (Wildman–Crippen LogP) is 4.75. The second-order valence-corrected chi connectivity index (χ2v) is 7.64. The molecule has 0 unspecified atom stereocenters. The Balaban J connectivity index is 2.22. The molecule has 0 aliphatic heterocycles. The van der Waals surface area contributed by atoms with Crippen LogP contribution in [0.15, 0.2) is 40.2 Å². The molecular weight excluding hydrogens is 437 g/mol. The lowest BCUT2D eigenvalue weighted by Crippen LogP contribution is -1.89. The van der Waals surface area contributed by atoms with Crippen molar-refractivity contribution in [1.82, 2.24) is 10.2 Å². The third-order valence-corrected chi connectivity index (χ3v) is 5.27. The first-order valence-corrected chi connectivity index (χ1v) is 8.25. The van der Waals surface area contributed by atoms with E-state index in [1.54, 1.807) is 11.3 Å². The summed E-state index contributed by atoms with van der Waals surface area (Å²) in [6.07, 6.45) is 0. The van der Waals surface area contributed by atoms with E-state index < -0.39 is 0 Å². The number of rotatable bonds is 2. The van der Waals surface area contributed by atoms with Gasteiger partial charge in [0, 0.05) is 21.0 Å². The Labute approximate surface area is 136 Å². The maximum absolute atomic E-state index is 6.02. The smallest absolute Gasteiger partial charge is 0.153 e. The first-order valence-electron chi connectivity index (χ1n) is 5.50. The van der Waals surface area contributed by atoms with E-state index in [-0.39, 0.29) is 0 Å². The van der Waals surface area contributed by atoms with Gasteiger partial charge in [-0.3, -0.25) is 5.10 Å². The van der Waals surface area contributed by atoms with Crippen LogP contribution in [-0.4, -0.2) is 10.2 Å². The van der Waals surface area contributed by atoms with Gasteiger partial charge in [-0.15, -0.1) is 11.3 Å². The molecule has 6 heteroatoms. The normalized spacial score (nSPS) is 10.8. The highest BCUT2D eigenvalue weighted by atomic mass is 127. The number of nitrogen functional groups attached to an aromatic ring is 1. The summed E-state index contributed by atoms with van der Waals surface area (Å²) < 4.78 is 2.24. The van der Waals surface area contributed by atoms with E-state index in [0.717, 1.165) is 26.9 Å². The number of nitrogens with zero attached hydrogens (tertiary/aromatic N) is 1. The average Bonchev–Trinajstić information content (AvgIpc) is 2.96. The molecule has 0 aliphatic rings. The number of anilines is 1. The Bertz CT molecular complexity index is 735. The van der Waals surface area contributed by atoms with Crippen molar-refractivity contribution in [2.45, 2.75) is 0 Å². The molecule has 96 valence electrons. The number of aromatic amines is 1. The van der Waals surface area contributed by atoms with Crippen molar-refractivity contribution in [3.05, 3.63) is 43.1 Å². The highest BCUT2D eigenvalue weighted by Crippen LogP contribution is 2.39. The zero-order valence-corrected chi connectivity index (χ0v) is 14.2. The number of aromatic nitrogens is 2. The van der Waals surface area contributed by atoms with Crippen molar-refractivity contribution in [1.29, 1.82) is 0 Å². The maximum Gasteiger partial charge on any atom is 0.153 e. The minimum atomic E-state index is 0.517. The van der Waals surface area contributed by atoms with Crippen LogP contribution >= 0.6 is 49.9 Å². The molecule has 3 nitrogen and oxygen atoms in total. The van der Waals surface area contributed by atoms with E-state index in [1.165, 1.54) is 2.88 Å². The largest absolute Gasteiger partial charge is 0.382 e. The summed E-state index contributed by atoms with van der Waals surface area (Å²) in [6.45, 7) is 0. The zero-order chi connectivity index (χ0) is 13.4. The van der Waals surface area contributed by atoms with Gasteiger partial charge in [0.2, 0.25) is 0 Å². The van der Waals surface area contributed by atoms with Crippen LogP contribution in [-0.2, 0) is 0 Å². The molecule has 0 spiro atoms. The van der Waals surface area contributed by atoms with E-state index in [2.05, 4.69) is 60.2 Å². The SMILES string of the molecule is Nc1n[nH]c(-c2csc(I)c2)c1-c1ccccc1Br. The van der Waals surface area contributed by atoms with Gasteiger partial charge in [0.1, 0.15) is 0 Å². The molecule has 2 heterocycles. The second-order valence-electron chi connectivity index (χ2n) is 3.98. The average molecular weight is 446 g/mol. The summed E-state index contributed by atoms with van der Waals surface area (Å²) >= 11 is 7.58. The molecule has 0 fully saturated rings. The maximum atomic E-state index is 6.02. The molecule has 0 amide bonds. The van der Waals surface area contributed by atoms with Crippen LogP contribution in [0, 0.1) is 2.88 Å². The summed E-state index contributed by atoms with van der Waals surface area (Å²) in [5.41, 5.74) is 10.1. The number of thiophene rings is 1. The van der Waals surface area contributed by atoms with Gasteiger partial charge in [0.05, 0.1) is 14.1 Å². The summed E-state index contributed by atoms with van der Waals surface area (Å²) in [6, 6.07) is 10.1. The van der Waals surface area contributed by atoms with Crippen LogP contribution in [0.2, 0.25) is 0 Å². The van der Waals surface area contributed by atoms with Crippen molar-refractivity contribution < 1.29 is 0 Å². The van der Waals surface area contributed by atoms with Crippen LogP contribution in [0.3, 0.4) is 0 Å². The second kappa shape index (κ2) is 5.26. The minimum Gasteiger partial charge on any atom is -0.382 e. The molecule has 0 saturated heterocycles. The molecular formula is C13H9BrIN3S. The molecule has 3 N–H and O–H groups in total. The topological polar surface area (TPSA) is 54.7 Å². The van der Waals surface area contributed by atoms with Gasteiger partial charge < -0.3 is 5.73 Å². The van der Waals surface area contributed by atoms with E-state index in [0.29, 0.717) is 5.82 Å². The first-order chi connectivity index (χ1) is 9.16. The van der Waals surface area contributed by atoms with Gasteiger partial charge in [-0.25, -0.2) is 0 Å². The van der Waals surface area contributed by atoms with Crippen LogP contribution in [0.25, 0.3) is 22.4 Å². The lowest BCUT2D eigenvalue weighted by molar-refractivity contribution is 1.10. The summed E-state index contributed by atoms with van der Waals surface area (Å²) in [7, 11) is 0. The predicted molar refractivity (Wildman–Crippen MR) is 92.2 cm³/mol. The standard InChI is InChI=1S/C13H9BrIN3S/c14-9-4-2-1-3-8(9)11-12(17-18-13(11)16)7-5-10(15)19-6-7/h1-6H,(H3,16,17,18). The Morgan fingerprint density at radius 2 is 2.11 bits per heavy atom. The van der Waals surface area contributed by atoms with E-state index in [1.807, 2.05) is 24.3 Å². The lowest BCUT2D eigenvalue weighted by Gasteiger charge is -2.05. The summed E-state index contributed by atoms with van der Waals surface area (Å²) in [4.78, 5) is 0. The molecule has 0 atom stereocenters. The third-order valence-electron chi connectivity index (χ3n) is 2.79. The van der Waals surface area contributed by atoms with Crippen molar-refractivity contribution in [2.75, 3.05) is 5.73 Å².